The van der Waals surface area contributed by atoms with Gasteiger partial charge < -0.3 is 19.5 Å². The first-order valence-corrected chi connectivity index (χ1v) is 7.19. The Morgan fingerprint density at radius 2 is 1.70 bits per heavy atom. The summed E-state index contributed by atoms with van der Waals surface area (Å²) in [6.45, 7) is 11.7. The highest BCUT2D eigenvalue weighted by Crippen LogP contribution is 2.19. The molecular formula is C16H27NO3. The van der Waals surface area contributed by atoms with Gasteiger partial charge in [0.05, 0.1) is 19.8 Å². The van der Waals surface area contributed by atoms with Crippen LogP contribution in [-0.2, 0) is 4.74 Å². The summed E-state index contributed by atoms with van der Waals surface area (Å²) in [5, 5.41) is 3.37. The van der Waals surface area contributed by atoms with E-state index in [0.29, 0.717) is 26.4 Å². The molecule has 0 aromatic heterocycles. The Balaban J connectivity index is 2.10. The van der Waals surface area contributed by atoms with Gasteiger partial charge in [-0.2, -0.15) is 0 Å². The van der Waals surface area contributed by atoms with Gasteiger partial charge in [-0.3, -0.25) is 0 Å². The lowest BCUT2D eigenvalue weighted by Crippen LogP contribution is -2.38. The van der Waals surface area contributed by atoms with E-state index >= 15 is 0 Å². The summed E-state index contributed by atoms with van der Waals surface area (Å²) in [7, 11) is 0. The third-order valence-electron chi connectivity index (χ3n) is 2.51. The highest BCUT2D eigenvalue weighted by Gasteiger charge is 2.06. The van der Waals surface area contributed by atoms with Crippen molar-refractivity contribution < 1.29 is 14.2 Å². The van der Waals surface area contributed by atoms with Gasteiger partial charge >= 0.3 is 0 Å². The molecule has 0 saturated carbocycles. The number of hydrogen-bond donors (Lipinski definition) is 1. The standard InChI is InChI=1S/C16H27NO3/c1-5-19-14-7-6-8-15(13-14)20-12-11-18-10-9-17-16(2,3)4/h6-8,13,17H,5,9-12H2,1-4H3. The van der Waals surface area contributed by atoms with Gasteiger partial charge in [0, 0.05) is 18.2 Å². The fourth-order valence-corrected chi connectivity index (χ4v) is 1.64. The molecular weight excluding hydrogens is 254 g/mol. The molecule has 0 atom stereocenters. The molecule has 0 fully saturated rings. The van der Waals surface area contributed by atoms with Crippen molar-refractivity contribution in [1.29, 1.82) is 0 Å². The molecule has 0 saturated heterocycles. The highest BCUT2D eigenvalue weighted by molar-refractivity contribution is 5.32. The molecule has 114 valence electrons. The summed E-state index contributed by atoms with van der Waals surface area (Å²) >= 11 is 0. The van der Waals surface area contributed by atoms with Crippen LogP contribution in [0.3, 0.4) is 0 Å². The third-order valence-corrected chi connectivity index (χ3v) is 2.51. The van der Waals surface area contributed by atoms with Crippen LogP contribution >= 0.6 is 0 Å². The van der Waals surface area contributed by atoms with Crippen LogP contribution in [0, 0.1) is 0 Å². The van der Waals surface area contributed by atoms with E-state index in [1.165, 1.54) is 0 Å². The number of rotatable bonds is 9. The Hall–Kier alpha value is -1.26. The van der Waals surface area contributed by atoms with E-state index in [4.69, 9.17) is 14.2 Å². The highest BCUT2D eigenvalue weighted by atomic mass is 16.5. The van der Waals surface area contributed by atoms with Crippen molar-refractivity contribution in [3.8, 4) is 11.5 Å². The molecule has 1 rings (SSSR count). The summed E-state index contributed by atoms with van der Waals surface area (Å²) in [6, 6.07) is 7.66. The maximum Gasteiger partial charge on any atom is 0.123 e. The second kappa shape index (κ2) is 8.82. The lowest BCUT2D eigenvalue weighted by molar-refractivity contribution is 0.0984. The third kappa shape index (κ3) is 8.02. The van der Waals surface area contributed by atoms with Crippen molar-refractivity contribution in [2.45, 2.75) is 33.2 Å². The van der Waals surface area contributed by atoms with Gasteiger partial charge in [-0.1, -0.05) is 6.07 Å². The first-order chi connectivity index (χ1) is 9.51. The van der Waals surface area contributed by atoms with Crippen molar-refractivity contribution in [2.24, 2.45) is 0 Å². The largest absolute Gasteiger partial charge is 0.494 e. The Labute approximate surface area is 122 Å². The van der Waals surface area contributed by atoms with Gasteiger partial charge in [-0.25, -0.2) is 0 Å². The van der Waals surface area contributed by atoms with Crippen LogP contribution in [0.25, 0.3) is 0 Å². The fourth-order valence-electron chi connectivity index (χ4n) is 1.64. The molecule has 1 aromatic rings. The fraction of sp³-hybridized carbons (Fsp3) is 0.625. The van der Waals surface area contributed by atoms with Crippen LogP contribution in [0.15, 0.2) is 24.3 Å². The lowest BCUT2D eigenvalue weighted by Gasteiger charge is -2.20. The minimum Gasteiger partial charge on any atom is -0.494 e. The Bertz CT molecular complexity index is 374. The lowest BCUT2D eigenvalue weighted by atomic mass is 10.1. The number of hydrogen-bond acceptors (Lipinski definition) is 4. The van der Waals surface area contributed by atoms with E-state index in [-0.39, 0.29) is 5.54 Å². The molecule has 0 aliphatic rings. The predicted octanol–water partition coefficient (Wildman–Crippen LogP) is 2.87. The summed E-state index contributed by atoms with van der Waals surface area (Å²) in [6.07, 6.45) is 0. The molecule has 0 unspecified atom stereocenters. The molecule has 0 heterocycles. The molecule has 0 bridgehead atoms. The summed E-state index contributed by atoms with van der Waals surface area (Å²) in [5.74, 6) is 1.65. The smallest absolute Gasteiger partial charge is 0.123 e. The second-order valence-corrected chi connectivity index (χ2v) is 5.55. The van der Waals surface area contributed by atoms with E-state index < -0.39 is 0 Å². The van der Waals surface area contributed by atoms with Gasteiger partial charge in [-0.15, -0.1) is 0 Å². The van der Waals surface area contributed by atoms with Crippen molar-refractivity contribution in [2.75, 3.05) is 33.0 Å². The van der Waals surface area contributed by atoms with Crippen molar-refractivity contribution >= 4 is 0 Å². The van der Waals surface area contributed by atoms with Crippen LogP contribution in [0.1, 0.15) is 27.7 Å². The van der Waals surface area contributed by atoms with E-state index in [1.807, 2.05) is 31.2 Å². The van der Waals surface area contributed by atoms with E-state index in [9.17, 15) is 0 Å². The molecule has 0 spiro atoms. The van der Waals surface area contributed by atoms with Gasteiger partial charge in [-0.05, 0) is 39.8 Å². The number of benzene rings is 1. The monoisotopic (exact) mass is 281 g/mol. The van der Waals surface area contributed by atoms with Crippen molar-refractivity contribution in [3.05, 3.63) is 24.3 Å². The van der Waals surface area contributed by atoms with E-state index in [1.54, 1.807) is 0 Å². The summed E-state index contributed by atoms with van der Waals surface area (Å²) in [5.41, 5.74) is 0.138. The van der Waals surface area contributed by atoms with Crippen molar-refractivity contribution in [3.63, 3.8) is 0 Å². The van der Waals surface area contributed by atoms with Gasteiger partial charge in [0.1, 0.15) is 18.1 Å². The first kappa shape index (κ1) is 16.8. The number of nitrogens with one attached hydrogen (secondary N) is 1. The molecule has 4 heteroatoms. The Morgan fingerprint density at radius 3 is 2.35 bits per heavy atom. The molecule has 4 nitrogen and oxygen atoms in total. The normalized spacial score (nSPS) is 11.4. The zero-order valence-electron chi connectivity index (χ0n) is 13.1. The molecule has 1 N–H and O–H groups in total. The SMILES string of the molecule is CCOc1cccc(OCCOCCNC(C)(C)C)c1. The zero-order chi connectivity index (χ0) is 14.8. The van der Waals surface area contributed by atoms with E-state index in [2.05, 4.69) is 26.1 Å². The maximum absolute atomic E-state index is 5.62. The van der Waals surface area contributed by atoms with Crippen LogP contribution in [0.5, 0.6) is 11.5 Å². The van der Waals surface area contributed by atoms with Gasteiger partial charge in [0.25, 0.3) is 0 Å². The van der Waals surface area contributed by atoms with Crippen molar-refractivity contribution in [1.82, 2.24) is 5.32 Å². The average molecular weight is 281 g/mol. The molecule has 0 amide bonds. The molecule has 0 aliphatic heterocycles. The van der Waals surface area contributed by atoms with Crippen LogP contribution in [0.2, 0.25) is 0 Å². The Morgan fingerprint density at radius 1 is 1.00 bits per heavy atom. The Kier molecular flexibility index (Phi) is 7.41. The van der Waals surface area contributed by atoms with Crippen LogP contribution in [0.4, 0.5) is 0 Å². The summed E-state index contributed by atoms with van der Waals surface area (Å²) in [4.78, 5) is 0. The second-order valence-electron chi connectivity index (χ2n) is 5.55. The quantitative estimate of drug-likeness (QED) is 0.707. The van der Waals surface area contributed by atoms with Crippen LogP contribution in [-0.4, -0.2) is 38.5 Å². The molecule has 1 aromatic carbocycles. The first-order valence-electron chi connectivity index (χ1n) is 7.19. The van der Waals surface area contributed by atoms with Gasteiger partial charge in [0.15, 0.2) is 0 Å². The van der Waals surface area contributed by atoms with E-state index in [0.717, 1.165) is 18.0 Å². The van der Waals surface area contributed by atoms with Gasteiger partial charge in [0.2, 0.25) is 0 Å². The minimum absolute atomic E-state index is 0.138. The average Bonchev–Trinajstić information content (AvgIpc) is 2.37. The maximum atomic E-state index is 5.62. The summed E-state index contributed by atoms with van der Waals surface area (Å²) < 4.78 is 16.5. The molecule has 0 radical (unpaired) electrons. The topological polar surface area (TPSA) is 39.7 Å². The predicted molar refractivity (Wildman–Crippen MR) is 81.7 cm³/mol. The zero-order valence-corrected chi connectivity index (χ0v) is 13.1. The molecule has 20 heavy (non-hydrogen) atoms. The van der Waals surface area contributed by atoms with Crippen LogP contribution < -0.4 is 14.8 Å². The number of ether oxygens (including phenoxy) is 3. The minimum atomic E-state index is 0.138. The molecule has 0 aliphatic carbocycles.